The van der Waals surface area contributed by atoms with E-state index in [1.54, 1.807) is 7.11 Å². The molecule has 1 rings (SSSR count). The number of methoxy groups -OCH3 is 1. The second-order valence-corrected chi connectivity index (χ2v) is 5.77. The van der Waals surface area contributed by atoms with Gasteiger partial charge < -0.3 is 15.2 Å². The second-order valence-electron chi connectivity index (χ2n) is 5.77. The van der Waals surface area contributed by atoms with E-state index in [1.165, 1.54) is 0 Å². The van der Waals surface area contributed by atoms with Crippen LogP contribution in [0.15, 0.2) is 24.3 Å². The SMILES string of the molecule is COc1cccc(C(N)COCCC(C)(C)C)c1. The standard InChI is InChI=1S/C15H25NO2/c1-15(2,3)8-9-18-11-14(16)12-6-5-7-13(10-12)17-4/h5-7,10,14H,8-9,11,16H2,1-4H3. The molecule has 1 aromatic rings. The van der Waals surface area contributed by atoms with Crippen LogP contribution in [-0.4, -0.2) is 20.3 Å². The van der Waals surface area contributed by atoms with Crippen molar-refractivity contribution in [2.75, 3.05) is 20.3 Å². The Balaban J connectivity index is 2.38. The minimum Gasteiger partial charge on any atom is -0.497 e. The third-order valence-electron chi connectivity index (χ3n) is 2.82. The van der Waals surface area contributed by atoms with Crippen LogP contribution >= 0.6 is 0 Å². The molecule has 18 heavy (non-hydrogen) atoms. The fourth-order valence-electron chi connectivity index (χ4n) is 1.56. The van der Waals surface area contributed by atoms with Crippen molar-refractivity contribution < 1.29 is 9.47 Å². The minimum atomic E-state index is -0.0972. The Morgan fingerprint density at radius 1 is 1.28 bits per heavy atom. The molecule has 0 saturated heterocycles. The van der Waals surface area contributed by atoms with E-state index in [9.17, 15) is 0 Å². The van der Waals surface area contributed by atoms with Gasteiger partial charge >= 0.3 is 0 Å². The van der Waals surface area contributed by atoms with Crippen LogP contribution in [0.4, 0.5) is 0 Å². The molecule has 2 N–H and O–H groups in total. The smallest absolute Gasteiger partial charge is 0.119 e. The van der Waals surface area contributed by atoms with Crippen molar-refractivity contribution in [2.24, 2.45) is 11.1 Å². The maximum atomic E-state index is 6.09. The van der Waals surface area contributed by atoms with Crippen molar-refractivity contribution >= 4 is 0 Å². The summed E-state index contributed by atoms with van der Waals surface area (Å²) in [6, 6.07) is 7.72. The van der Waals surface area contributed by atoms with Gasteiger partial charge in [-0.3, -0.25) is 0 Å². The lowest BCUT2D eigenvalue weighted by atomic mass is 9.93. The van der Waals surface area contributed by atoms with E-state index in [2.05, 4.69) is 20.8 Å². The zero-order valence-electron chi connectivity index (χ0n) is 11.9. The Morgan fingerprint density at radius 3 is 2.61 bits per heavy atom. The molecule has 1 atom stereocenters. The first-order valence-corrected chi connectivity index (χ1v) is 6.39. The maximum absolute atomic E-state index is 6.09. The monoisotopic (exact) mass is 251 g/mol. The molecule has 3 nitrogen and oxygen atoms in total. The summed E-state index contributed by atoms with van der Waals surface area (Å²) < 4.78 is 10.8. The van der Waals surface area contributed by atoms with Crippen molar-refractivity contribution in [1.82, 2.24) is 0 Å². The van der Waals surface area contributed by atoms with Crippen molar-refractivity contribution in [1.29, 1.82) is 0 Å². The lowest BCUT2D eigenvalue weighted by Gasteiger charge is -2.19. The Kier molecular flexibility index (Phi) is 5.63. The molecule has 0 heterocycles. The highest BCUT2D eigenvalue weighted by atomic mass is 16.5. The van der Waals surface area contributed by atoms with E-state index in [4.69, 9.17) is 15.2 Å². The summed E-state index contributed by atoms with van der Waals surface area (Å²) in [6.45, 7) is 7.92. The number of rotatable bonds is 6. The second kappa shape index (κ2) is 6.76. The van der Waals surface area contributed by atoms with Crippen LogP contribution in [0.5, 0.6) is 5.75 Å². The first-order valence-electron chi connectivity index (χ1n) is 6.39. The van der Waals surface area contributed by atoms with Gasteiger partial charge in [0.2, 0.25) is 0 Å². The van der Waals surface area contributed by atoms with Gasteiger partial charge in [-0.25, -0.2) is 0 Å². The number of hydrogen-bond donors (Lipinski definition) is 1. The topological polar surface area (TPSA) is 44.5 Å². The molecule has 1 unspecified atom stereocenters. The summed E-state index contributed by atoms with van der Waals surface area (Å²) in [7, 11) is 1.66. The Bertz CT molecular complexity index is 358. The lowest BCUT2D eigenvalue weighted by Crippen LogP contribution is -2.19. The number of nitrogens with two attached hydrogens (primary N) is 1. The molecule has 0 aliphatic rings. The normalized spacial score (nSPS) is 13.4. The van der Waals surface area contributed by atoms with Crippen LogP contribution in [0, 0.1) is 5.41 Å². The van der Waals surface area contributed by atoms with Gasteiger partial charge in [-0.15, -0.1) is 0 Å². The van der Waals surface area contributed by atoms with Crippen LogP contribution in [-0.2, 0) is 4.74 Å². The fourth-order valence-corrected chi connectivity index (χ4v) is 1.56. The van der Waals surface area contributed by atoms with Crippen molar-refractivity contribution in [2.45, 2.75) is 33.2 Å². The zero-order chi connectivity index (χ0) is 13.6. The molecule has 3 heteroatoms. The molecule has 0 bridgehead atoms. The molecule has 1 aromatic carbocycles. The Hall–Kier alpha value is -1.06. The highest BCUT2D eigenvalue weighted by Crippen LogP contribution is 2.20. The molecule has 102 valence electrons. The Labute approximate surface area is 110 Å². The highest BCUT2D eigenvalue weighted by Gasteiger charge is 2.11. The summed E-state index contributed by atoms with van der Waals surface area (Å²) in [4.78, 5) is 0. The summed E-state index contributed by atoms with van der Waals surface area (Å²) in [5.74, 6) is 0.831. The third kappa shape index (κ3) is 5.52. The van der Waals surface area contributed by atoms with Crippen molar-refractivity contribution in [3.63, 3.8) is 0 Å². The van der Waals surface area contributed by atoms with Gasteiger partial charge in [-0.05, 0) is 29.5 Å². The van der Waals surface area contributed by atoms with Crippen LogP contribution in [0.2, 0.25) is 0 Å². The molecule has 0 radical (unpaired) electrons. The summed E-state index contributed by atoms with van der Waals surface area (Å²) in [5.41, 5.74) is 7.44. The number of hydrogen-bond acceptors (Lipinski definition) is 3. The van der Waals surface area contributed by atoms with Crippen LogP contribution in [0.1, 0.15) is 38.8 Å². The lowest BCUT2D eigenvalue weighted by molar-refractivity contribution is 0.0974. The van der Waals surface area contributed by atoms with Gasteiger partial charge in [0.25, 0.3) is 0 Å². The molecule has 0 aliphatic carbocycles. The first kappa shape index (κ1) is 15.0. The molecular formula is C15H25NO2. The number of benzene rings is 1. The highest BCUT2D eigenvalue weighted by molar-refractivity contribution is 5.30. The zero-order valence-corrected chi connectivity index (χ0v) is 11.9. The molecule has 0 saturated carbocycles. The predicted molar refractivity (Wildman–Crippen MR) is 74.8 cm³/mol. The van der Waals surface area contributed by atoms with Crippen LogP contribution < -0.4 is 10.5 Å². The molecular weight excluding hydrogens is 226 g/mol. The van der Waals surface area contributed by atoms with Crippen molar-refractivity contribution in [3.05, 3.63) is 29.8 Å². The van der Waals surface area contributed by atoms with E-state index < -0.39 is 0 Å². The average Bonchev–Trinajstić information content (AvgIpc) is 2.33. The van der Waals surface area contributed by atoms with E-state index in [-0.39, 0.29) is 6.04 Å². The summed E-state index contributed by atoms with van der Waals surface area (Å²) in [6.07, 6.45) is 1.04. The summed E-state index contributed by atoms with van der Waals surface area (Å²) >= 11 is 0. The van der Waals surface area contributed by atoms with Crippen molar-refractivity contribution in [3.8, 4) is 5.75 Å². The molecule has 0 amide bonds. The molecule has 0 spiro atoms. The average molecular weight is 251 g/mol. The minimum absolute atomic E-state index is 0.0972. The van der Waals surface area contributed by atoms with Gasteiger partial charge in [0.05, 0.1) is 19.8 Å². The fraction of sp³-hybridized carbons (Fsp3) is 0.600. The molecule has 0 fully saturated rings. The first-order chi connectivity index (χ1) is 8.42. The quantitative estimate of drug-likeness (QED) is 0.790. The predicted octanol–water partition coefficient (Wildman–Crippen LogP) is 3.15. The third-order valence-corrected chi connectivity index (χ3v) is 2.82. The molecule has 0 aliphatic heterocycles. The Morgan fingerprint density at radius 2 is 2.00 bits per heavy atom. The largest absolute Gasteiger partial charge is 0.497 e. The van der Waals surface area contributed by atoms with Crippen LogP contribution in [0.3, 0.4) is 0 Å². The van der Waals surface area contributed by atoms with Gasteiger partial charge in [0.1, 0.15) is 5.75 Å². The van der Waals surface area contributed by atoms with Gasteiger partial charge in [0, 0.05) is 6.61 Å². The van der Waals surface area contributed by atoms with E-state index >= 15 is 0 Å². The summed E-state index contributed by atoms with van der Waals surface area (Å²) in [5, 5.41) is 0. The van der Waals surface area contributed by atoms with Gasteiger partial charge in [-0.2, -0.15) is 0 Å². The van der Waals surface area contributed by atoms with E-state index in [0.717, 1.165) is 24.3 Å². The maximum Gasteiger partial charge on any atom is 0.119 e. The number of ether oxygens (including phenoxy) is 2. The van der Waals surface area contributed by atoms with E-state index in [0.29, 0.717) is 12.0 Å². The van der Waals surface area contributed by atoms with Gasteiger partial charge in [0.15, 0.2) is 0 Å². The van der Waals surface area contributed by atoms with Gasteiger partial charge in [-0.1, -0.05) is 32.9 Å². The molecule has 0 aromatic heterocycles. The van der Waals surface area contributed by atoms with E-state index in [1.807, 2.05) is 24.3 Å². The van der Waals surface area contributed by atoms with Crippen LogP contribution in [0.25, 0.3) is 0 Å².